The number of carbonyl (C=O) groups is 1. The molecule has 35 heavy (non-hydrogen) atoms. The molecule has 0 N–H and O–H groups in total. The van der Waals surface area contributed by atoms with Gasteiger partial charge in [-0.2, -0.15) is 0 Å². The highest BCUT2D eigenvalue weighted by atomic mass is 16.2. The molecule has 1 aromatic carbocycles. The van der Waals surface area contributed by atoms with E-state index in [9.17, 15) is 4.79 Å². The highest BCUT2D eigenvalue weighted by Gasteiger charge is 2.31. The fourth-order valence-corrected chi connectivity index (χ4v) is 5.06. The van der Waals surface area contributed by atoms with Gasteiger partial charge in [0.25, 0.3) is 0 Å². The molecule has 1 amide bonds. The lowest BCUT2D eigenvalue weighted by Gasteiger charge is -2.39. The largest absolute Gasteiger partial charge is 0.353 e. The van der Waals surface area contributed by atoms with Gasteiger partial charge < -0.3 is 14.7 Å². The summed E-state index contributed by atoms with van der Waals surface area (Å²) in [7, 11) is 0. The molecule has 0 radical (unpaired) electrons. The van der Waals surface area contributed by atoms with Crippen molar-refractivity contribution in [2.75, 3.05) is 49.1 Å². The average Bonchev–Trinajstić information content (AvgIpc) is 2.88. The van der Waals surface area contributed by atoms with Crippen LogP contribution in [0.1, 0.15) is 30.1 Å². The van der Waals surface area contributed by atoms with Crippen LogP contribution in [0.5, 0.6) is 0 Å². The van der Waals surface area contributed by atoms with Crippen molar-refractivity contribution in [3.8, 4) is 11.3 Å². The van der Waals surface area contributed by atoms with Gasteiger partial charge in [-0.05, 0) is 39.7 Å². The number of aromatic nitrogens is 4. The second-order valence-corrected chi connectivity index (χ2v) is 9.55. The van der Waals surface area contributed by atoms with Crippen LogP contribution in [0.25, 0.3) is 11.3 Å². The molecule has 0 spiro atoms. The Morgan fingerprint density at radius 1 is 0.771 bits per heavy atom. The van der Waals surface area contributed by atoms with Gasteiger partial charge in [0.1, 0.15) is 11.6 Å². The Balaban J connectivity index is 1.17. The molecule has 5 rings (SSSR count). The van der Waals surface area contributed by atoms with Crippen LogP contribution in [0.4, 0.5) is 11.8 Å². The first-order chi connectivity index (χ1) is 17.0. The van der Waals surface area contributed by atoms with Crippen LogP contribution in [0.15, 0.2) is 42.5 Å². The number of piperazine rings is 1. The van der Waals surface area contributed by atoms with E-state index in [4.69, 9.17) is 0 Å². The second kappa shape index (κ2) is 9.98. The van der Waals surface area contributed by atoms with Crippen LogP contribution in [0, 0.1) is 26.7 Å². The molecule has 0 atom stereocenters. The first kappa shape index (κ1) is 23.2. The molecule has 2 aromatic heterocycles. The summed E-state index contributed by atoms with van der Waals surface area (Å²) in [5.74, 6) is 2.85. The molecule has 0 unspecified atom stereocenters. The number of hydrogen-bond donors (Lipinski definition) is 0. The van der Waals surface area contributed by atoms with Crippen molar-refractivity contribution < 1.29 is 4.79 Å². The molecule has 0 saturated carbocycles. The zero-order valence-electron chi connectivity index (χ0n) is 20.8. The molecule has 2 fully saturated rings. The minimum atomic E-state index is 0.0784. The van der Waals surface area contributed by atoms with Gasteiger partial charge in [0.2, 0.25) is 11.9 Å². The van der Waals surface area contributed by atoms with Crippen LogP contribution >= 0.6 is 0 Å². The molecule has 2 saturated heterocycles. The Labute approximate surface area is 207 Å². The average molecular weight is 472 g/mol. The summed E-state index contributed by atoms with van der Waals surface area (Å²) in [4.78, 5) is 38.3. The Hall–Kier alpha value is -3.55. The predicted octanol–water partition coefficient (Wildman–Crippen LogP) is 3.42. The maximum absolute atomic E-state index is 13.3. The van der Waals surface area contributed by atoms with E-state index in [0.29, 0.717) is 0 Å². The number of rotatable bonds is 4. The Morgan fingerprint density at radius 2 is 1.43 bits per heavy atom. The van der Waals surface area contributed by atoms with Crippen molar-refractivity contribution in [2.24, 2.45) is 5.92 Å². The summed E-state index contributed by atoms with van der Waals surface area (Å²) in [6, 6.07) is 14.2. The maximum Gasteiger partial charge on any atom is 0.225 e. The normalized spacial score (nSPS) is 17.1. The van der Waals surface area contributed by atoms with Gasteiger partial charge in [0.05, 0.1) is 5.69 Å². The van der Waals surface area contributed by atoms with Crippen molar-refractivity contribution in [1.29, 1.82) is 0 Å². The molecule has 182 valence electrons. The number of anilines is 2. The van der Waals surface area contributed by atoms with E-state index >= 15 is 0 Å². The number of carbonyl (C=O) groups excluding carboxylic acids is 1. The van der Waals surface area contributed by atoms with E-state index in [2.05, 4.69) is 47.9 Å². The third-order valence-corrected chi connectivity index (χ3v) is 6.91. The minimum absolute atomic E-state index is 0.0784. The van der Waals surface area contributed by atoms with Crippen LogP contribution < -0.4 is 9.80 Å². The lowest BCUT2D eigenvalue weighted by Crippen LogP contribution is -2.52. The summed E-state index contributed by atoms with van der Waals surface area (Å²) >= 11 is 0. The first-order valence-electron chi connectivity index (χ1n) is 12.5. The molecule has 2 aliphatic rings. The van der Waals surface area contributed by atoms with Crippen molar-refractivity contribution in [3.05, 3.63) is 59.7 Å². The monoisotopic (exact) mass is 471 g/mol. The second-order valence-electron chi connectivity index (χ2n) is 9.55. The van der Waals surface area contributed by atoms with E-state index < -0.39 is 0 Å². The molecule has 0 aliphatic carbocycles. The van der Waals surface area contributed by atoms with Gasteiger partial charge in [-0.15, -0.1) is 0 Å². The highest BCUT2D eigenvalue weighted by molar-refractivity contribution is 5.79. The van der Waals surface area contributed by atoms with Crippen LogP contribution in [-0.2, 0) is 4.79 Å². The number of hydrogen-bond acceptors (Lipinski definition) is 7. The van der Waals surface area contributed by atoms with Crippen molar-refractivity contribution in [2.45, 2.75) is 33.6 Å². The summed E-state index contributed by atoms with van der Waals surface area (Å²) < 4.78 is 0. The van der Waals surface area contributed by atoms with Crippen molar-refractivity contribution in [3.63, 3.8) is 0 Å². The standard InChI is InChI=1S/C27H33N7O/c1-19-17-20(2)29-27(28-19)34-11-9-23(10-12-34)26(35)33-15-13-32(14-16-33)25-18-24(30-21(3)31-25)22-7-5-4-6-8-22/h4-8,17-18,23H,9-16H2,1-3H3. The molecule has 4 heterocycles. The lowest BCUT2D eigenvalue weighted by atomic mass is 9.95. The molecule has 0 bridgehead atoms. The molecular formula is C27H33N7O. The van der Waals surface area contributed by atoms with Crippen molar-refractivity contribution >= 4 is 17.7 Å². The SMILES string of the molecule is Cc1cc(C)nc(N2CCC(C(=O)N3CCN(c4cc(-c5ccccc5)nc(C)n4)CC3)CC2)n1. The summed E-state index contributed by atoms with van der Waals surface area (Å²) in [6.07, 6.45) is 1.70. The van der Waals surface area contributed by atoms with E-state index in [1.165, 1.54) is 0 Å². The third-order valence-electron chi connectivity index (χ3n) is 6.91. The maximum atomic E-state index is 13.3. The lowest BCUT2D eigenvalue weighted by molar-refractivity contribution is -0.136. The topological polar surface area (TPSA) is 78.4 Å². The zero-order chi connectivity index (χ0) is 24.4. The van der Waals surface area contributed by atoms with Gasteiger partial charge in [0.15, 0.2) is 0 Å². The number of aryl methyl sites for hydroxylation is 3. The Kier molecular flexibility index (Phi) is 6.61. The predicted molar refractivity (Wildman–Crippen MR) is 137 cm³/mol. The smallest absolute Gasteiger partial charge is 0.225 e. The fraction of sp³-hybridized carbons (Fsp3) is 0.444. The van der Waals surface area contributed by atoms with Crippen LogP contribution in [0.3, 0.4) is 0 Å². The molecule has 2 aliphatic heterocycles. The van der Waals surface area contributed by atoms with Gasteiger partial charge in [-0.1, -0.05) is 30.3 Å². The molecular weight excluding hydrogens is 438 g/mol. The van der Waals surface area contributed by atoms with Crippen molar-refractivity contribution in [1.82, 2.24) is 24.8 Å². The molecule has 8 heteroatoms. The number of piperidine rings is 1. The van der Waals surface area contributed by atoms with Crippen LogP contribution in [-0.4, -0.2) is 70.0 Å². The Morgan fingerprint density at radius 3 is 2.09 bits per heavy atom. The van der Waals surface area contributed by atoms with Gasteiger partial charge >= 0.3 is 0 Å². The fourth-order valence-electron chi connectivity index (χ4n) is 5.06. The van der Waals surface area contributed by atoms with E-state index in [0.717, 1.165) is 92.3 Å². The van der Waals surface area contributed by atoms with Crippen LogP contribution in [0.2, 0.25) is 0 Å². The highest BCUT2D eigenvalue weighted by Crippen LogP contribution is 2.25. The summed E-state index contributed by atoms with van der Waals surface area (Å²) in [6.45, 7) is 10.6. The van der Waals surface area contributed by atoms with E-state index in [1.54, 1.807) is 0 Å². The number of amides is 1. The summed E-state index contributed by atoms with van der Waals surface area (Å²) in [5.41, 5.74) is 3.99. The quantitative estimate of drug-likeness (QED) is 0.577. The summed E-state index contributed by atoms with van der Waals surface area (Å²) in [5, 5.41) is 0. The molecule has 3 aromatic rings. The minimum Gasteiger partial charge on any atom is -0.353 e. The van der Waals surface area contributed by atoms with Gasteiger partial charge in [-0.3, -0.25) is 4.79 Å². The number of nitrogens with zero attached hydrogens (tertiary/aromatic N) is 7. The third kappa shape index (κ3) is 5.26. The molecule has 8 nitrogen and oxygen atoms in total. The Bertz CT molecular complexity index is 1160. The van der Waals surface area contributed by atoms with Gasteiger partial charge in [-0.25, -0.2) is 19.9 Å². The first-order valence-corrected chi connectivity index (χ1v) is 12.5. The zero-order valence-corrected chi connectivity index (χ0v) is 20.8. The van der Waals surface area contributed by atoms with E-state index in [1.807, 2.05) is 49.9 Å². The number of benzene rings is 1. The van der Waals surface area contributed by atoms with Gasteiger partial charge in [0, 0.05) is 68.2 Å². The van der Waals surface area contributed by atoms with E-state index in [-0.39, 0.29) is 11.8 Å².